The molecule has 0 saturated carbocycles. The van der Waals surface area contributed by atoms with Crippen LogP contribution in [0.4, 0.5) is 0 Å². The van der Waals surface area contributed by atoms with Gasteiger partial charge >= 0.3 is 11.9 Å². The highest BCUT2D eigenvalue weighted by atomic mass is 35.5. The van der Waals surface area contributed by atoms with Crippen molar-refractivity contribution in [3.8, 4) is 5.75 Å². The van der Waals surface area contributed by atoms with Gasteiger partial charge in [-0.2, -0.15) is 0 Å². The lowest BCUT2D eigenvalue weighted by molar-refractivity contribution is -0.147. The number of halogens is 1. The molecule has 2 aliphatic rings. The molecule has 0 N–H and O–H groups in total. The van der Waals surface area contributed by atoms with Crippen molar-refractivity contribution < 1.29 is 28.5 Å². The summed E-state index contributed by atoms with van der Waals surface area (Å²) in [6.45, 7) is 2.33. The summed E-state index contributed by atoms with van der Waals surface area (Å²) in [6, 6.07) is 1.43. The van der Waals surface area contributed by atoms with Gasteiger partial charge in [0.25, 0.3) is 0 Å². The van der Waals surface area contributed by atoms with E-state index in [1.54, 1.807) is 7.11 Å². The van der Waals surface area contributed by atoms with Crippen LogP contribution in [0.2, 0.25) is 5.02 Å². The first-order valence-electron chi connectivity index (χ1n) is 8.80. The third kappa shape index (κ3) is 4.86. The molecule has 1 aliphatic heterocycles. The molecule has 0 amide bonds. The van der Waals surface area contributed by atoms with Gasteiger partial charge < -0.3 is 18.9 Å². The number of fused-ring (bicyclic) bond motifs is 1. The minimum absolute atomic E-state index is 0.144. The van der Waals surface area contributed by atoms with Crippen LogP contribution >= 0.6 is 11.6 Å². The Balaban J connectivity index is 1.73. The Morgan fingerprint density at radius 2 is 2.21 bits per heavy atom. The number of hydrogen-bond acceptors (Lipinski definition) is 7. The molecule has 0 aromatic carbocycles. The van der Waals surface area contributed by atoms with Gasteiger partial charge in [-0.1, -0.05) is 30.7 Å². The van der Waals surface area contributed by atoms with Gasteiger partial charge in [0.05, 0.1) is 17.8 Å². The predicted octanol–water partition coefficient (Wildman–Crippen LogP) is 3.15. The second-order valence-electron chi connectivity index (χ2n) is 6.22. The van der Waals surface area contributed by atoms with Gasteiger partial charge in [0.2, 0.25) is 0 Å². The molecule has 1 aromatic heterocycles. The summed E-state index contributed by atoms with van der Waals surface area (Å²) in [6.07, 6.45) is 8.56. The van der Waals surface area contributed by atoms with Gasteiger partial charge in [-0.15, -0.1) is 0 Å². The fourth-order valence-electron chi connectivity index (χ4n) is 2.82. The number of rotatable bonds is 7. The molecule has 2 unspecified atom stereocenters. The first-order chi connectivity index (χ1) is 13.5. The molecule has 0 bridgehead atoms. The van der Waals surface area contributed by atoms with Gasteiger partial charge in [-0.05, 0) is 23.6 Å². The third-order valence-electron chi connectivity index (χ3n) is 4.24. The highest BCUT2D eigenvalue weighted by molar-refractivity contribution is 6.30. The molecule has 0 spiro atoms. The van der Waals surface area contributed by atoms with Crippen LogP contribution in [0.15, 0.2) is 53.4 Å². The highest BCUT2D eigenvalue weighted by Gasteiger charge is 2.33. The van der Waals surface area contributed by atoms with Gasteiger partial charge in [-0.3, -0.25) is 4.98 Å². The Bertz CT molecular complexity index is 856. The summed E-state index contributed by atoms with van der Waals surface area (Å²) in [5.41, 5.74) is 1.44. The zero-order chi connectivity index (χ0) is 20.1. The average molecular weight is 406 g/mol. The lowest BCUT2D eigenvalue weighted by Crippen LogP contribution is -2.31. The molecule has 0 fully saturated rings. The maximum Gasteiger partial charge on any atom is 0.351 e. The number of carbonyl (C=O) groups is 2. The highest BCUT2D eigenvalue weighted by Crippen LogP contribution is 2.29. The SMILES string of the molecule is CCC(OC)OCC1=CCC2OC(=O)C(C(=O)Oc3cncc(Cl)c3)=CC2=C1. The smallest absolute Gasteiger partial charge is 0.351 e. The van der Waals surface area contributed by atoms with E-state index in [0.717, 1.165) is 12.0 Å². The third-order valence-corrected chi connectivity index (χ3v) is 4.45. The van der Waals surface area contributed by atoms with E-state index in [9.17, 15) is 9.59 Å². The lowest BCUT2D eigenvalue weighted by atomic mass is 9.93. The van der Waals surface area contributed by atoms with Crippen molar-refractivity contribution in [2.45, 2.75) is 32.2 Å². The van der Waals surface area contributed by atoms with Crippen LogP contribution in [0.5, 0.6) is 5.75 Å². The van der Waals surface area contributed by atoms with Crippen LogP contribution in [0, 0.1) is 0 Å². The predicted molar refractivity (Wildman–Crippen MR) is 101 cm³/mol. The Kier molecular flexibility index (Phi) is 6.61. The molecule has 1 aromatic rings. The molecule has 7 nitrogen and oxygen atoms in total. The second-order valence-corrected chi connectivity index (χ2v) is 6.66. The summed E-state index contributed by atoms with van der Waals surface area (Å²) in [5.74, 6) is -1.41. The van der Waals surface area contributed by atoms with Crippen LogP contribution in [-0.2, 0) is 23.8 Å². The molecule has 8 heteroatoms. The van der Waals surface area contributed by atoms with E-state index < -0.39 is 18.0 Å². The Morgan fingerprint density at radius 1 is 1.39 bits per heavy atom. The monoisotopic (exact) mass is 405 g/mol. The van der Waals surface area contributed by atoms with E-state index in [2.05, 4.69) is 4.98 Å². The summed E-state index contributed by atoms with van der Waals surface area (Å²) in [5, 5.41) is 0.316. The lowest BCUT2D eigenvalue weighted by Gasteiger charge is -2.27. The zero-order valence-electron chi connectivity index (χ0n) is 15.5. The summed E-state index contributed by atoms with van der Waals surface area (Å²) >= 11 is 5.83. The van der Waals surface area contributed by atoms with E-state index in [-0.39, 0.29) is 17.6 Å². The zero-order valence-corrected chi connectivity index (χ0v) is 16.3. The number of hydrogen-bond donors (Lipinski definition) is 0. The van der Waals surface area contributed by atoms with Crippen molar-refractivity contribution in [2.24, 2.45) is 0 Å². The molecular weight excluding hydrogens is 386 g/mol. The van der Waals surface area contributed by atoms with Crippen molar-refractivity contribution in [3.05, 3.63) is 58.4 Å². The van der Waals surface area contributed by atoms with Crippen molar-refractivity contribution >= 4 is 23.5 Å². The fraction of sp³-hybridized carbons (Fsp3) is 0.350. The number of aromatic nitrogens is 1. The van der Waals surface area contributed by atoms with E-state index >= 15 is 0 Å². The number of ether oxygens (including phenoxy) is 4. The van der Waals surface area contributed by atoms with Crippen LogP contribution in [0.1, 0.15) is 19.8 Å². The van der Waals surface area contributed by atoms with Gasteiger partial charge in [0, 0.05) is 25.8 Å². The van der Waals surface area contributed by atoms with Crippen LogP contribution in [0.3, 0.4) is 0 Å². The minimum atomic E-state index is -0.828. The van der Waals surface area contributed by atoms with Crippen LogP contribution < -0.4 is 4.74 Å². The van der Waals surface area contributed by atoms with Crippen molar-refractivity contribution in [3.63, 3.8) is 0 Å². The Labute approximate surface area is 167 Å². The maximum absolute atomic E-state index is 12.4. The molecule has 1 aliphatic carbocycles. The van der Waals surface area contributed by atoms with Gasteiger partial charge in [-0.25, -0.2) is 9.59 Å². The van der Waals surface area contributed by atoms with E-state index in [1.807, 2.05) is 19.1 Å². The van der Waals surface area contributed by atoms with Crippen molar-refractivity contribution in [2.75, 3.05) is 13.7 Å². The number of nitrogens with zero attached hydrogens (tertiary/aromatic N) is 1. The summed E-state index contributed by atoms with van der Waals surface area (Å²) in [7, 11) is 1.59. The first-order valence-corrected chi connectivity index (χ1v) is 9.18. The Hall–Kier alpha value is -2.48. The molecule has 148 valence electrons. The maximum atomic E-state index is 12.4. The van der Waals surface area contributed by atoms with Crippen LogP contribution in [-0.4, -0.2) is 43.0 Å². The van der Waals surface area contributed by atoms with Gasteiger partial charge in [0.1, 0.15) is 11.7 Å². The molecule has 28 heavy (non-hydrogen) atoms. The number of carbonyl (C=O) groups excluding carboxylic acids is 2. The number of esters is 2. The first kappa shape index (κ1) is 20.3. The molecule has 0 saturated heterocycles. The molecule has 0 radical (unpaired) electrons. The number of methoxy groups -OCH3 is 1. The topological polar surface area (TPSA) is 84.0 Å². The molecular formula is C20H20ClNO6. The average Bonchev–Trinajstić information content (AvgIpc) is 2.68. The molecule has 2 atom stereocenters. The second kappa shape index (κ2) is 9.14. The molecule has 3 rings (SSSR count). The van der Waals surface area contributed by atoms with E-state index in [0.29, 0.717) is 23.6 Å². The van der Waals surface area contributed by atoms with Crippen LogP contribution in [0.25, 0.3) is 0 Å². The van der Waals surface area contributed by atoms with E-state index in [1.165, 1.54) is 24.5 Å². The largest absolute Gasteiger partial charge is 0.453 e. The molecule has 2 heterocycles. The van der Waals surface area contributed by atoms with Crippen molar-refractivity contribution in [1.29, 1.82) is 0 Å². The Morgan fingerprint density at radius 3 is 2.93 bits per heavy atom. The number of pyridine rings is 1. The minimum Gasteiger partial charge on any atom is -0.453 e. The normalized spacial score (nSPS) is 19.6. The quantitative estimate of drug-likeness (QED) is 0.391. The summed E-state index contributed by atoms with van der Waals surface area (Å²) in [4.78, 5) is 28.4. The van der Waals surface area contributed by atoms with Crippen molar-refractivity contribution in [1.82, 2.24) is 4.98 Å². The fourth-order valence-corrected chi connectivity index (χ4v) is 2.99. The summed E-state index contributed by atoms with van der Waals surface area (Å²) < 4.78 is 21.4. The van der Waals surface area contributed by atoms with E-state index in [4.69, 9.17) is 30.5 Å². The van der Waals surface area contributed by atoms with Gasteiger partial charge in [0.15, 0.2) is 12.0 Å². The standard InChI is InChI=1S/C20H20ClNO6/c1-3-18(25-2)26-11-12-4-5-17-13(6-12)7-16(20(24)28-17)19(23)27-15-8-14(21)9-22-10-15/h4,6-10,17-18H,3,5,11H2,1-2H3.